The second-order valence-electron chi connectivity index (χ2n) is 9.18. The van der Waals surface area contributed by atoms with Crippen molar-refractivity contribution >= 4 is 24.5 Å². The van der Waals surface area contributed by atoms with E-state index in [9.17, 15) is 19.1 Å². The van der Waals surface area contributed by atoms with Crippen LogP contribution < -0.4 is 5.32 Å². The Kier molecular flexibility index (Phi) is 6.56. The summed E-state index contributed by atoms with van der Waals surface area (Å²) in [5.74, 6) is -0.917. The van der Waals surface area contributed by atoms with Crippen LogP contribution in [0.15, 0.2) is 72.8 Å². The first-order chi connectivity index (χ1) is 16.4. The molecule has 5 rings (SSSR count). The highest BCUT2D eigenvalue weighted by atomic mass is 31.2. The van der Waals surface area contributed by atoms with Crippen LogP contribution in [0.5, 0.6) is 0 Å². The highest BCUT2D eigenvalue weighted by molar-refractivity contribution is 7.46. The van der Waals surface area contributed by atoms with Crippen molar-refractivity contribution in [2.24, 2.45) is 11.8 Å². The van der Waals surface area contributed by atoms with Crippen molar-refractivity contribution < 1.29 is 23.7 Å². The number of nitrogens with zero attached hydrogens (tertiary/aromatic N) is 1. The van der Waals surface area contributed by atoms with E-state index in [1.54, 1.807) is 0 Å². The van der Waals surface area contributed by atoms with Gasteiger partial charge in [-0.25, -0.2) is 4.57 Å². The Hall–Kier alpha value is -2.54. The quantitative estimate of drug-likeness (QED) is 0.442. The summed E-state index contributed by atoms with van der Waals surface area (Å²) in [5, 5.41) is 5.32. The topological polar surface area (TPSA) is 99.1 Å². The summed E-state index contributed by atoms with van der Waals surface area (Å²) in [7, 11) is -4.65. The minimum atomic E-state index is -4.65. The highest BCUT2D eigenvalue weighted by Gasteiger charge is 2.54. The van der Waals surface area contributed by atoms with Crippen LogP contribution in [0.4, 0.5) is 0 Å². The van der Waals surface area contributed by atoms with Gasteiger partial charge in [0.1, 0.15) is 0 Å². The maximum Gasteiger partial charge on any atom is 0.469 e. The molecule has 2 fully saturated rings. The fourth-order valence-corrected chi connectivity index (χ4v) is 6.10. The first-order valence-electron chi connectivity index (χ1n) is 11.7. The van der Waals surface area contributed by atoms with Gasteiger partial charge in [-0.3, -0.25) is 14.2 Å². The van der Waals surface area contributed by atoms with Crippen molar-refractivity contribution in [2.45, 2.75) is 31.5 Å². The predicted molar refractivity (Wildman–Crippen MR) is 130 cm³/mol. The lowest BCUT2D eigenvalue weighted by Crippen LogP contribution is -2.38. The van der Waals surface area contributed by atoms with Gasteiger partial charge in [0.15, 0.2) is 0 Å². The van der Waals surface area contributed by atoms with Gasteiger partial charge in [0.05, 0.1) is 12.5 Å². The summed E-state index contributed by atoms with van der Waals surface area (Å²) in [4.78, 5) is 34.7. The Balaban J connectivity index is 1.49. The predicted octanol–water partition coefficient (Wildman–Crippen LogP) is 4.02. The standard InChI is InChI=1S/C26H29N2O5P/c29-26(27-16-18-7-2-1-3-8-18)24-22(17-33-34(30,31)32)23-11-6-14-28(23)25(24)21-13-12-19-9-4-5-10-20(19)15-21/h1-5,7-10,12-13,15,22-25H,6,11,14,16-17H2,(H,27,29)(H2,30,31,32). The van der Waals surface area contributed by atoms with Crippen molar-refractivity contribution in [1.82, 2.24) is 10.2 Å². The molecule has 178 valence electrons. The first-order valence-corrected chi connectivity index (χ1v) is 13.2. The van der Waals surface area contributed by atoms with Crippen LogP contribution in [-0.4, -0.2) is 39.8 Å². The zero-order valence-electron chi connectivity index (χ0n) is 18.8. The number of hydrogen-bond acceptors (Lipinski definition) is 4. The fourth-order valence-electron chi connectivity index (χ4n) is 5.73. The van der Waals surface area contributed by atoms with Crippen LogP contribution in [0.25, 0.3) is 10.8 Å². The molecule has 0 aromatic heterocycles. The maximum atomic E-state index is 13.6. The van der Waals surface area contributed by atoms with Gasteiger partial charge in [0.2, 0.25) is 5.91 Å². The molecule has 0 radical (unpaired) electrons. The van der Waals surface area contributed by atoms with Crippen LogP contribution in [0, 0.1) is 11.8 Å². The van der Waals surface area contributed by atoms with E-state index in [1.165, 1.54) is 0 Å². The monoisotopic (exact) mass is 480 g/mol. The number of rotatable bonds is 7. The number of benzene rings is 3. The Morgan fingerprint density at radius 1 is 1.03 bits per heavy atom. The number of carbonyl (C=O) groups is 1. The lowest BCUT2D eigenvalue weighted by molar-refractivity contribution is -0.127. The molecular weight excluding hydrogens is 451 g/mol. The molecule has 0 saturated carbocycles. The van der Waals surface area contributed by atoms with Crippen LogP contribution in [0.1, 0.15) is 30.0 Å². The molecule has 4 unspecified atom stereocenters. The van der Waals surface area contributed by atoms with Gasteiger partial charge < -0.3 is 15.1 Å². The van der Waals surface area contributed by atoms with Crippen LogP contribution in [-0.2, 0) is 20.4 Å². The van der Waals surface area contributed by atoms with Crippen molar-refractivity contribution in [3.63, 3.8) is 0 Å². The second kappa shape index (κ2) is 9.61. The van der Waals surface area contributed by atoms with Gasteiger partial charge in [-0.1, -0.05) is 66.7 Å². The van der Waals surface area contributed by atoms with E-state index in [-0.39, 0.29) is 30.5 Å². The molecule has 0 aliphatic carbocycles. The van der Waals surface area contributed by atoms with Gasteiger partial charge in [-0.05, 0) is 47.4 Å². The largest absolute Gasteiger partial charge is 0.469 e. The molecule has 1 amide bonds. The van der Waals surface area contributed by atoms with E-state index in [2.05, 4.69) is 40.5 Å². The summed E-state index contributed by atoms with van der Waals surface area (Å²) in [6.07, 6.45) is 1.86. The number of phosphoric acid groups is 1. The number of hydrogen-bond donors (Lipinski definition) is 3. The highest BCUT2D eigenvalue weighted by Crippen LogP contribution is 2.51. The average Bonchev–Trinajstić information content (AvgIpc) is 3.42. The third-order valence-corrected chi connectivity index (χ3v) is 7.64. The summed E-state index contributed by atoms with van der Waals surface area (Å²) in [6, 6.07) is 24.0. The zero-order valence-corrected chi connectivity index (χ0v) is 19.7. The molecule has 2 aliphatic heterocycles. The summed E-state index contributed by atoms with van der Waals surface area (Å²) in [5.41, 5.74) is 2.05. The molecule has 3 aromatic rings. The van der Waals surface area contributed by atoms with Gasteiger partial charge >= 0.3 is 7.82 Å². The lowest BCUT2D eigenvalue weighted by atomic mass is 9.82. The normalized spacial score (nSPS) is 24.9. The molecule has 8 heteroatoms. The van der Waals surface area contributed by atoms with E-state index in [0.717, 1.165) is 41.3 Å². The van der Waals surface area contributed by atoms with Crippen LogP contribution in [0.3, 0.4) is 0 Å². The van der Waals surface area contributed by atoms with Crippen molar-refractivity contribution in [1.29, 1.82) is 0 Å². The molecule has 2 heterocycles. The summed E-state index contributed by atoms with van der Waals surface area (Å²) in [6.45, 7) is 1.09. The number of phosphoric ester groups is 1. The smallest absolute Gasteiger partial charge is 0.352 e. The molecule has 3 N–H and O–H groups in total. The molecule has 2 saturated heterocycles. The van der Waals surface area contributed by atoms with Gasteiger partial charge in [-0.15, -0.1) is 0 Å². The Labute approximate surface area is 199 Å². The zero-order chi connectivity index (χ0) is 23.7. The van der Waals surface area contributed by atoms with Crippen LogP contribution >= 0.6 is 7.82 Å². The lowest BCUT2D eigenvalue weighted by Gasteiger charge is -2.28. The van der Waals surface area contributed by atoms with Gasteiger partial charge in [-0.2, -0.15) is 0 Å². The minimum Gasteiger partial charge on any atom is -0.352 e. The third kappa shape index (κ3) is 4.81. The average molecular weight is 481 g/mol. The van der Waals surface area contributed by atoms with Crippen molar-refractivity contribution in [2.75, 3.05) is 13.2 Å². The SMILES string of the molecule is O=C(NCc1ccccc1)C1C(COP(=O)(O)O)C2CCCN2C1c1ccc2ccccc2c1. The number of fused-ring (bicyclic) bond motifs is 2. The molecule has 0 bridgehead atoms. The summed E-state index contributed by atoms with van der Waals surface area (Å²) >= 11 is 0. The Morgan fingerprint density at radius 3 is 2.53 bits per heavy atom. The van der Waals surface area contributed by atoms with Crippen molar-refractivity contribution in [3.8, 4) is 0 Å². The first kappa shape index (κ1) is 23.2. The summed E-state index contributed by atoms with van der Waals surface area (Å²) < 4.78 is 16.5. The molecule has 2 aliphatic rings. The Morgan fingerprint density at radius 2 is 1.76 bits per heavy atom. The van der Waals surface area contributed by atoms with Crippen molar-refractivity contribution in [3.05, 3.63) is 83.9 Å². The fraction of sp³-hybridized carbons (Fsp3) is 0.346. The molecular formula is C26H29N2O5P. The number of carbonyl (C=O) groups excluding carboxylic acids is 1. The molecule has 34 heavy (non-hydrogen) atoms. The third-order valence-electron chi connectivity index (χ3n) is 7.16. The second-order valence-corrected chi connectivity index (χ2v) is 10.4. The molecule has 4 atom stereocenters. The molecule has 0 spiro atoms. The van der Waals surface area contributed by atoms with Gasteiger partial charge in [0, 0.05) is 24.5 Å². The van der Waals surface area contributed by atoms with E-state index in [4.69, 9.17) is 4.52 Å². The number of nitrogens with one attached hydrogen (secondary N) is 1. The van der Waals surface area contributed by atoms with Crippen LogP contribution in [0.2, 0.25) is 0 Å². The minimum absolute atomic E-state index is 0.0375. The molecule has 3 aromatic carbocycles. The Bertz CT molecular complexity index is 1210. The van der Waals surface area contributed by atoms with E-state index in [0.29, 0.717) is 6.54 Å². The number of amides is 1. The van der Waals surface area contributed by atoms with Gasteiger partial charge in [0.25, 0.3) is 0 Å². The maximum absolute atomic E-state index is 13.6. The van der Waals surface area contributed by atoms with E-state index in [1.807, 2.05) is 42.5 Å². The van der Waals surface area contributed by atoms with E-state index >= 15 is 0 Å². The molecule has 7 nitrogen and oxygen atoms in total. The van der Waals surface area contributed by atoms with E-state index < -0.39 is 13.7 Å².